The SMILES string of the molecule is CCOc1ccc(-n2nc(C)c(C=O)c2Cl)cc1. The number of carbonyl (C=O) groups is 1. The number of hydrogen-bond donors (Lipinski definition) is 0. The molecule has 94 valence electrons. The predicted octanol–water partition coefficient (Wildman–Crippen LogP) is 3.05. The molecule has 5 heteroatoms. The Balaban J connectivity index is 2.39. The second kappa shape index (κ2) is 5.23. The van der Waals surface area contributed by atoms with Crippen LogP contribution in [0.3, 0.4) is 0 Å². The van der Waals surface area contributed by atoms with Gasteiger partial charge in [-0.15, -0.1) is 0 Å². The van der Waals surface area contributed by atoms with Crippen molar-refractivity contribution in [1.82, 2.24) is 9.78 Å². The van der Waals surface area contributed by atoms with Crippen LogP contribution in [0.25, 0.3) is 5.69 Å². The maximum Gasteiger partial charge on any atom is 0.155 e. The molecule has 0 atom stereocenters. The van der Waals surface area contributed by atoms with E-state index in [0.29, 0.717) is 23.0 Å². The molecule has 0 N–H and O–H groups in total. The first-order valence-corrected chi connectivity index (χ1v) is 5.98. The molecular formula is C13H13ClN2O2. The lowest BCUT2D eigenvalue weighted by Crippen LogP contribution is -1.97. The summed E-state index contributed by atoms with van der Waals surface area (Å²) in [7, 11) is 0. The Morgan fingerprint density at radius 3 is 2.56 bits per heavy atom. The Bertz CT molecular complexity index is 561. The van der Waals surface area contributed by atoms with Crippen molar-refractivity contribution < 1.29 is 9.53 Å². The highest BCUT2D eigenvalue weighted by Crippen LogP contribution is 2.23. The molecule has 2 aromatic rings. The molecule has 0 aliphatic rings. The van der Waals surface area contributed by atoms with Gasteiger partial charge in [0, 0.05) is 0 Å². The standard InChI is InChI=1S/C13H13ClN2O2/c1-3-18-11-6-4-10(5-7-11)16-13(14)12(8-17)9(2)15-16/h4-8H,3H2,1-2H3. The number of aryl methyl sites for hydroxylation is 1. The summed E-state index contributed by atoms with van der Waals surface area (Å²) in [5.74, 6) is 0.789. The molecule has 0 radical (unpaired) electrons. The van der Waals surface area contributed by atoms with Crippen molar-refractivity contribution >= 4 is 17.9 Å². The van der Waals surface area contributed by atoms with Gasteiger partial charge in [0.2, 0.25) is 0 Å². The van der Waals surface area contributed by atoms with E-state index in [-0.39, 0.29) is 0 Å². The molecule has 0 fully saturated rings. The highest BCUT2D eigenvalue weighted by atomic mass is 35.5. The topological polar surface area (TPSA) is 44.1 Å². The lowest BCUT2D eigenvalue weighted by Gasteiger charge is -2.05. The summed E-state index contributed by atoms with van der Waals surface area (Å²) in [6.45, 7) is 4.30. The van der Waals surface area contributed by atoms with Gasteiger partial charge in [-0.25, -0.2) is 4.68 Å². The predicted molar refractivity (Wildman–Crippen MR) is 69.9 cm³/mol. The summed E-state index contributed by atoms with van der Waals surface area (Å²) in [5.41, 5.74) is 1.83. The first kappa shape index (κ1) is 12.6. The Morgan fingerprint density at radius 1 is 1.39 bits per heavy atom. The van der Waals surface area contributed by atoms with Crippen molar-refractivity contribution in [3.05, 3.63) is 40.7 Å². The van der Waals surface area contributed by atoms with Gasteiger partial charge < -0.3 is 4.74 Å². The zero-order valence-corrected chi connectivity index (χ0v) is 10.9. The van der Waals surface area contributed by atoms with Crippen LogP contribution >= 0.6 is 11.6 Å². The Hall–Kier alpha value is -1.81. The van der Waals surface area contributed by atoms with E-state index in [9.17, 15) is 4.79 Å². The van der Waals surface area contributed by atoms with E-state index in [0.717, 1.165) is 17.7 Å². The van der Waals surface area contributed by atoms with Gasteiger partial charge in [0.25, 0.3) is 0 Å². The summed E-state index contributed by atoms with van der Waals surface area (Å²) < 4.78 is 6.90. The molecule has 1 heterocycles. The first-order valence-electron chi connectivity index (χ1n) is 5.61. The van der Waals surface area contributed by atoms with Crippen molar-refractivity contribution in [2.24, 2.45) is 0 Å². The van der Waals surface area contributed by atoms with Gasteiger partial charge in [-0.2, -0.15) is 5.10 Å². The molecule has 2 rings (SSSR count). The number of aromatic nitrogens is 2. The largest absolute Gasteiger partial charge is 0.494 e. The monoisotopic (exact) mass is 264 g/mol. The second-order valence-corrected chi connectivity index (χ2v) is 4.10. The molecule has 0 aliphatic heterocycles. The van der Waals surface area contributed by atoms with Crippen LogP contribution in [0.15, 0.2) is 24.3 Å². The number of aldehydes is 1. The summed E-state index contributed by atoms with van der Waals surface area (Å²) in [6.07, 6.45) is 0.718. The van der Waals surface area contributed by atoms with Crippen LogP contribution in [0.1, 0.15) is 23.0 Å². The fourth-order valence-corrected chi connectivity index (χ4v) is 1.98. The quantitative estimate of drug-likeness (QED) is 0.797. The van der Waals surface area contributed by atoms with Crippen LogP contribution in [-0.4, -0.2) is 22.7 Å². The van der Waals surface area contributed by atoms with E-state index in [1.165, 1.54) is 4.68 Å². The minimum absolute atomic E-state index is 0.326. The van der Waals surface area contributed by atoms with E-state index in [1.807, 2.05) is 31.2 Å². The van der Waals surface area contributed by atoms with Gasteiger partial charge in [0.1, 0.15) is 10.9 Å². The fraction of sp³-hybridized carbons (Fsp3) is 0.231. The molecule has 4 nitrogen and oxygen atoms in total. The van der Waals surface area contributed by atoms with Crippen molar-refractivity contribution in [3.63, 3.8) is 0 Å². The van der Waals surface area contributed by atoms with Gasteiger partial charge in [-0.05, 0) is 38.1 Å². The molecule has 0 unspecified atom stereocenters. The van der Waals surface area contributed by atoms with Crippen molar-refractivity contribution in [2.75, 3.05) is 6.61 Å². The number of nitrogens with zero attached hydrogens (tertiary/aromatic N) is 2. The average Bonchev–Trinajstić information content (AvgIpc) is 2.66. The molecule has 0 amide bonds. The number of halogens is 1. The van der Waals surface area contributed by atoms with Gasteiger partial charge in [0.15, 0.2) is 6.29 Å². The summed E-state index contributed by atoms with van der Waals surface area (Å²) in [5, 5.41) is 4.57. The highest BCUT2D eigenvalue weighted by molar-refractivity contribution is 6.32. The third-order valence-electron chi connectivity index (χ3n) is 2.56. The molecule has 18 heavy (non-hydrogen) atoms. The molecule has 0 aliphatic carbocycles. The van der Waals surface area contributed by atoms with Crippen LogP contribution in [0.2, 0.25) is 5.15 Å². The average molecular weight is 265 g/mol. The van der Waals surface area contributed by atoms with Gasteiger partial charge >= 0.3 is 0 Å². The van der Waals surface area contributed by atoms with E-state index in [4.69, 9.17) is 16.3 Å². The maximum absolute atomic E-state index is 10.9. The summed E-state index contributed by atoms with van der Waals surface area (Å²) in [6, 6.07) is 7.37. The van der Waals surface area contributed by atoms with Gasteiger partial charge in [-0.3, -0.25) is 4.79 Å². The third kappa shape index (κ3) is 2.24. The summed E-state index contributed by atoms with van der Waals surface area (Å²) in [4.78, 5) is 10.9. The van der Waals surface area contributed by atoms with Crippen molar-refractivity contribution in [1.29, 1.82) is 0 Å². The normalized spacial score (nSPS) is 10.4. The summed E-state index contributed by atoms with van der Waals surface area (Å²) >= 11 is 6.10. The van der Waals surface area contributed by atoms with Crippen molar-refractivity contribution in [2.45, 2.75) is 13.8 Å². The smallest absolute Gasteiger partial charge is 0.155 e. The van der Waals surface area contributed by atoms with Crippen LogP contribution < -0.4 is 4.74 Å². The Kier molecular flexibility index (Phi) is 3.67. The van der Waals surface area contributed by atoms with Gasteiger partial charge in [-0.1, -0.05) is 11.6 Å². The zero-order valence-electron chi connectivity index (χ0n) is 10.2. The lowest BCUT2D eigenvalue weighted by atomic mass is 10.3. The highest BCUT2D eigenvalue weighted by Gasteiger charge is 2.13. The number of carbonyl (C=O) groups excluding carboxylic acids is 1. The minimum Gasteiger partial charge on any atom is -0.494 e. The third-order valence-corrected chi connectivity index (χ3v) is 2.92. The zero-order chi connectivity index (χ0) is 13.1. The fourth-order valence-electron chi connectivity index (χ4n) is 1.67. The number of benzene rings is 1. The van der Waals surface area contributed by atoms with Crippen LogP contribution in [-0.2, 0) is 0 Å². The van der Waals surface area contributed by atoms with E-state index in [1.54, 1.807) is 6.92 Å². The molecular weight excluding hydrogens is 252 g/mol. The molecule has 0 saturated heterocycles. The first-order chi connectivity index (χ1) is 8.67. The molecule has 0 spiro atoms. The van der Waals surface area contributed by atoms with Gasteiger partial charge in [0.05, 0.1) is 23.6 Å². The molecule has 0 saturated carbocycles. The van der Waals surface area contributed by atoms with Crippen LogP contribution in [0, 0.1) is 6.92 Å². The van der Waals surface area contributed by atoms with Crippen LogP contribution in [0.4, 0.5) is 0 Å². The maximum atomic E-state index is 10.9. The molecule has 1 aromatic heterocycles. The number of hydrogen-bond acceptors (Lipinski definition) is 3. The minimum atomic E-state index is 0.326. The number of rotatable bonds is 4. The van der Waals surface area contributed by atoms with E-state index in [2.05, 4.69) is 5.10 Å². The number of ether oxygens (including phenoxy) is 1. The second-order valence-electron chi connectivity index (χ2n) is 3.75. The van der Waals surface area contributed by atoms with E-state index < -0.39 is 0 Å². The van der Waals surface area contributed by atoms with Crippen molar-refractivity contribution in [3.8, 4) is 11.4 Å². The Labute approximate surface area is 110 Å². The van der Waals surface area contributed by atoms with E-state index >= 15 is 0 Å². The molecule has 0 bridgehead atoms. The van der Waals surface area contributed by atoms with Crippen LogP contribution in [0.5, 0.6) is 5.75 Å². The lowest BCUT2D eigenvalue weighted by molar-refractivity contribution is 0.112. The Morgan fingerprint density at radius 2 is 2.06 bits per heavy atom. The molecule has 1 aromatic carbocycles.